The van der Waals surface area contributed by atoms with Crippen LogP contribution < -0.4 is 25.4 Å². The number of ether oxygens (including phenoxy) is 2. The Balaban J connectivity index is 1.52. The lowest BCUT2D eigenvalue weighted by Crippen LogP contribution is -2.34. The van der Waals surface area contributed by atoms with Gasteiger partial charge in [-0.05, 0) is 18.2 Å². The molecule has 1 heterocycles. The standard InChI is InChI=1S/C19H23N5O4/c1-20-19(22-10-9-21-15-5-2-3-6-16(15)24(25)26)23-14-7-8-17-18(13-14)28-12-4-11-27-17/h2-3,5-8,13,21H,4,9-12H2,1H3,(H2,20,22,23). The smallest absolute Gasteiger partial charge is 0.292 e. The minimum absolute atomic E-state index is 0.0530. The molecule has 0 saturated carbocycles. The minimum Gasteiger partial charge on any atom is -0.490 e. The van der Waals surface area contributed by atoms with Crippen LogP contribution in [-0.4, -0.2) is 44.2 Å². The topological polar surface area (TPSA) is 110 Å². The fraction of sp³-hybridized carbons (Fsp3) is 0.316. The summed E-state index contributed by atoms with van der Waals surface area (Å²) in [4.78, 5) is 14.8. The molecule has 1 aliphatic heterocycles. The van der Waals surface area contributed by atoms with E-state index in [2.05, 4.69) is 20.9 Å². The van der Waals surface area contributed by atoms with Gasteiger partial charge >= 0.3 is 0 Å². The largest absolute Gasteiger partial charge is 0.490 e. The van der Waals surface area contributed by atoms with Crippen LogP contribution in [0.5, 0.6) is 11.5 Å². The Morgan fingerprint density at radius 1 is 1.14 bits per heavy atom. The summed E-state index contributed by atoms with van der Waals surface area (Å²) >= 11 is 0. The molecule has 0 radical (unpaired) electrons. The predicted molar refractivity (Wildman–Crippen MR) is 109 cm³/mol. The van der Waals surface area contributed by atoms with Crippen molar-refractivity contribution in [2.45, 2.75) is 6.42 Å². The molecule has 2 aromatic rings. The number of nitrogens with one attached hydrogen (secondary N) is 3. The molecule has 9 nitrogen and oxygen atoms in total. The van der Waals surface area contributed by atoms with E-state index in [-0.39, 0.29) is 5.69 Å². The van der Waals surface area contributed by atoms with E-state index in [4.69, 9.17) is 9.47 Å². The second kappa shape index (κ2) is 9.45. The Labute approximate surface area is 162 Å². The lowest BCUT2D eigenvalue weighted by molar-refractivity contribution is -0.384. The van der Waals surface area contributed by atoms with Gasteiger partial charge in [-0.1, -0.05) is 12.1 Å². The summed E-state index contributed by atoms with van der Waals surface area (Å²) in [5, 5.41) is 20.5. The number of fused-ring (bicyclic) bond motifs is 1. The third-order valence-corrected chi connectivity index (χ3v) is 4.07. The van der Waals surface area contributed by atoms with E-state index in [1.807, 2.05) is 18.2 Å². The number of nitro benzene ring substituents is 1. The normalized spacial score (nSPS) is 13.4. The average Bonchev–Trinajstić information content (AvgIpc) is 2.95. The van der Waals surface area contributed by atoms with Crippen LogP contribution in [0.15, 0.2) is 47.5 Å². The maximum Gasteiger partial charge on any atom is 0.292 e. The van der Waals surface area contributed by atoms with Crippen LogP contribution in [0.1, 0.15) is 6.42 Å². The van der Waals surface area contributed by atoms with Crippen molar-refractivity contribution in [1.82, 2.24) is 5.32 Å². The monoisotopic (exact) mass is 385 g/mol. The molecule has 2 aromatic carbocycles. The van der Waals surface area contributed by atoms with Gasteiger partial charge in [0.15, 0.2) is 17.5 Å². The van der Waals surface area contributed by atoms with Crippen LogP contribution in [0.25, 0.3) is 0 Å². The van der Waals surface area contributed by atoms with Crippen LogP contribution in [0, 0.1) is 10.1 Å². The van der Waals surface area contributed by atoms with E-state index in [1.54, 1.807) is 25.2 Å². The number of aliphatic imine (C=N–C) groups is 1. The molecule has 9 heteroatoms. The van der Waals surface area contributed by atoms with Crippen LogP contribution in [0.2, 0.25) is 0 Å². The van der Waals surface area contributed by atoms with Crippen molar-refractivity contribution < 1.29 is 14.4 Å². The Morgan fingerprint density at radius 3 is 2.71 bits per heavy atom. The van der Waals surface area contributed by atoms with Crippen LogP contribution in [-0.2, 0) is 0 Å². The molecule has 3 rings (SSSR count). The number of hydrogen-bond acceptors (Lipinski definition) is 6. The van der Waals surface area contributed by atoms with Gasteiger partial charge in [0, 0.05) is 44.4 Å². The zero-order chi connectivity index (χ0) is 19.8. The third-order valence-electron chi connectivity index (χ3n) is 4.07. The summed E-state index contributed by atoms with van der Waals surface area (Å²) in [6, 6.07) is 12.2. The van der Waals surface area contributed by atoms with E-state index < -0.39 is 4.92 Å². The maximum absolute atomic E-state index is 11.0. The van der Waals surface area contributed by atoms with Crippen molar-refractivity contribution in [3.63, 3.8) is 0 Å². The molecule has 1 aliphatic rings. The number of para-hydroxylation sites is 2. The van der Waals surface area contributed by atoms with Crippen LogP contribution in [0.3, 0.4) is 0 Å². The van der Waals surface area contributed by atoms with Gasteiger partial charge in [0.05, 0.1) is 18.1 Å². The summed E-state index contributed by atoms with van der Waals surface area (Å²) in [5.74, 6) is 2.02. The second-order valence-electron chi connectivity index (χ2n) is 6.04. The molecule has 0 atom stereocenters. The highest BCUT2D eigenvalue weighted by Crippen LogP contribution is 2.32. The lowest BCUT2D eigenvalue weighted by atomic mass is 10.2. The Kier molecular flexibility index (Phi) is 6.50. The Bertz CT molecular complexity index is 856. The van der Waals surface area contributed by atoms with Crippen LogP contribution in [0.4, 0.5) is 17.1 Å². The number of guanidine groups is 1. The molecule has 0 unspecified atom stereocenters. The number of rotatable bonds is 6. The van der Waals surface area contributed by atoms with E-state index in [1.165, 1.54) is 6.07 Å². The highest BCUT2D eigenvalue weighted by atomic mass is 16.6. The first-order valence-corrected chi connectivity index (χ1v) is 9.02. The lowest BCUT2D eigenvalue weighted by Gasteiger charge is -2.14. The average molecular weight is 385 g/mol. The number of hydrogen-bond donors (Lipinski definition) is 3. The first kappa shape index (κ1) is 19.3. The molecule has 0 saturated heterocycles. The second-order valence-corrected chi connectivity index (χ2v) is 6.04. The quantitative estimate of drug-likeness (QED) is 0.231. The van der Waals surface area contributed by atoms with Crippen molar-refractivity contribution in [3.05, 3.63) is 52.6 Å². The van der Waals surface area contributed by atoms with E-state index in [9.17, 15) is 10.1 Å². The Hall–Kier alpha value is -3.49. The van der Waals surface area contributed by atoms with Gasteiger partial charge in [0.1, 0.15) is 5.69 Å². The number of nitrogens with zero attached hydrogens (tertiary/aromatic N) is 2. The molecule has 148 valence electrons. The van der Waals surface area contributed by atoms with Gasteiger partial charge in [0.25, 0.3) is 5.69 Å². The molecule has 0 aromatic heterocycles. The van der Waals surface area contributed by atoms with Crippen molar-refractivity contribution >= 4 is 23.0 Å². The zero-order valence-electron chi connectivity index (χ0n) is 15.6. The van der Waals surface area contributed by atoms with Crippen molar-refractivity contribution in [2.24, 2.45) is 4.99 Å². The van der Waals surface area contributed by atoms with Gasteiger partial charge in [-0.3, -0.25) is 15.1 Å². The number of benzene rings is 2. The molecule has 28 heavy (non-hydrogen) atoms. The summed E-state index contributed by atoms with van der Waals surface area (Å²) < 4.78 is 11.3. The molecule has 3 N–H and O–H groups in total. The van der Waals surface area contributed by atoms with Gasteiger partial charge in [-0.25, -0.2) is 0 Å². The number of anilines is 2. The molecular weight excluding hydrogens is 362 g/mol. The number of nitro groups is 1. The molecule has 0 amide bonds. The predicted octanol–water partition coefficient (Wildman–Crippen LogP) is 2.86. The maximum atomic E-state index is 11.0. The summed E-state index contributed by atoms with van der Waals surface area (Å²) in [5.41, 5.74) is 1.36. The third kappa shape index (κ3) is 5.03. The molecular formula is C19H23N5O4. The van der Waals surface area contributed by atoms with E-state index in [0.29, 0.717) is 43.7 Å². The van der Waals surface area contributed by atoms with Crippen molar-refractivity contribution in [1.29, 1.82) is 0 Å². The molecule has 0 aliphatic carbocycles. The van der Waals surface area contributed by atoms with Crippen molar-refractivity contribution in [3.8, 4) is 11.5 Å². The van der Waals surface area contributed by atoms with Gasteiger partial charge in [0.2, 0.25) is 0 Å². The molecule has 0 bridgehead atoms. The van der Waals surface area contributed by atoms with Crippen molar-refractivity contribution in [2.75, 3.05) is 44.0 Å². The summed E-state index contributed by atoms with van der Waals surface area (Å²) in [7, 11) is 1.67. The van der Waals surface area contributed by atoms with Gasteiger partial charge in [-0.2, -0.15) is 0 Å². The SMILES string of the molecule is CN=C(NCCNc1ccccc1[N+](=O)[O-])Nc1ccc2c(c1)OCCCO2. The van der Waals surface area contributed by atoms with E-state index in [0.717, 1.165) is 17.9 Å². The van der Waals surface area contributed by atoms with Crippen LogP contribution >= 0.6 is 0 Å². The Morgan fingerprint density at radius 2 is 1.93 bits per heavy atom. The zero-order valence-corrected chi connectivity index (χ0v) is 15.6. The summed E-state index contributed by atoms with van der Waals surface area (Å²) in [6.07, 6.45) is 0.854. The first-order chi connectivity index (χ1) is 13.7. The summed E-state index contributed by atoms with van der Waals surface area (Å²) in [6.45, 7) is 2.29. The van der Waals surface area contributed by atoms with Gasteiger partial charge < -0.3 is 25.4 Å². The molecule has 0 spiro atoms. The highest BCUT2D eigenvalue weighted by Gasteiger charge is 2.12. The minimum atomic E-state index is -0.402. The fourth-order valence-corrected chi connectivity index (χ4v) is 2.72. The molecule has 0 fully saturated rings. The fourth-order valence-electron chi connectivity index (χ4n) is 2.72. The highest BCUT2D eigenvalue weighted by molar-refractivity contribution is 5.93. The van der Waals surface area contributed by atoms with Gasteiger partial charge in [-0.15, -0.1) is 0 Å². The van der Waals surface area contributed by atoms with E-state index >= 15 is 0 Å². The first-order valence-electron chi connectivity index (χ1n) is 9.02.